The minimum atomic E-state index is 0. The number of fused-ring (bicyclic) bond motifs is 1. The zero-order chi connectivity index (χ0) is 8.23. The van der Waals surface area contributed by atoms with Crippen molar-refractivity contribution in [2.75, 3.05) is 0 Å². The highest BCUT2D eigenvalue weighted by Crippen LogP contribution is 2.13. The Morgan fingerprint density at radius 2 is 1.07 bits per heavy atom. The average molecular weight is 189 g/mol. The number of benzene rings is 1. The van der Waals surface area contributed by atoms with Gasteiger partial charge in [0.25, 0.3) is 0 Å². The van der Waals surface area contributed by atoms with Crippen LogP contribution in [-0.2, 0) is 0 Å². The minimum Gasteiger partial charge on any atom is -0.412 e. The van der Waals surface area contributed by atoms with E-state index in [4.69, 9.17) is 0 Å². The predicted octanol–water partition coefficient (Wildman–Crippen LogP) is 2.62. The molecule has 0 amide bonds. The second kappa shape index (κ2) is 5.91. The van der Waals surface area contributed by atoms with Crippen molar-refractivity contribution < 1.29 is 5.48 Å². The molecule has 1 aromatic rings. The van der Waals surface area contributed by atoms with Gasteiger partial charge in [-0.15, -0.1) is 0 Å². The first-order valence-electron chi connectivity index (χ1n) is 4.07. The van der Waals surface area contributed by atoms with Gasteiger partial charge in [0.15, 0.2) is 0 Å². The summed E-state index contributed by atoms with van der Waals surface area (Å²) < 4.78 is 0. The van der Waals surface area contributed by atoms with Crippen LogP contribution in [0.4, 0.5) is 0 Å². The molecule has 1 aliphatic carbocycles. The molecular formula is C12H15NO. The maximum atomic E-state index is 2.12. The standard InChI is InChI=1S/C12H10.H3N.H2O/c1-2-4-8-12-10-6-5-9-11(12)7-3-1;;/h1-10H;1H3;1H2. The predicted molar refractivity (Wildman–Crippen MR) is 62.3 cm³/mol. The second-order valence-electron chi connectivity index (χ2n) is 2.73. The van der Waals surface area contributed by atoms with Crippen molar-refractivity contribution in [3.05, 3.63) is 59.7 Å². The summed E-state index contributed by atoms with van der Waals surface area (Å²) in [6, 6.07) is 8.36. The van der Waals surface area contributed by atoms with Crippen LogP contribution in [0.5, 0.6) is 0 Å². The summed E-state index contributed by atoms with van der Waals surface area (Å²) in [4.78, 5) is 0. The first kappa shape index (κ1) is 12.4. The molecule has 0 saturated heterocycles. The zero-order valence-electron chi connectivity index (χ0n) is 7.98. The first-order valence-corrected chi connectivity index (χ1v) is 4.07. The Balaban J connectivity index is 0.000000845. The maximum Gasteiger partial charge on any atom is -0.0184 e. The third-order valence-corrected chi connectivity index (χ3v) is 1.88. The van der Waals surface area contributed by atoms with Gasteiger partial charge >= 0.3 is 0 Å². The molecule has 0 saturated carbocycles. The zero-order valence-corrected chi connectivity index (χ0v) is 7.98. The molecule has 1 aliphatic rings. The Labute approximate surface area is 84.2 Å². The molecule has 0 aromatic heterocycles. The van der Waals surface area contributed by atoms with Crippen LogP contribution in [0, 0.1) is 0 Å². The van der Waals surface area contributed by atoms with E-state index in [0.29, 0.717) is 0 Å². The summed E-state index contributed by atoms with van der Waals surface area (Å²) in [5.41, 5.74) is 2.55. The lowest BCUT2D eigenvalue weighted by Crippen LogP contribution is -1.79. The SMILES string of the molecule is C1=CC=Cc2ccccc2C=C1.N.O. The number of rotatable bonds is 0. The number of hydrogen-bond acceptors (Lipinski definition) is 1. The molecule has 0 radical (unpaired) electrons. The fourth-order valence-corrected chi connectivity index (χ4v) is 1.26. The van der Waals surface area contributed by atoms with E-state index in [1.807, 2.05) is 12.2 Å². The van der Waals surface area contributed by atoms with Crippen molar-refractivity contribution in [2.24, 2.45) is 0 Å². The van der Waals surface area contributed by atoms with Crippen LogP contribution in [0.2, 0.25) is 0 Å². The number of hydrogen-bond donors (Lipinski definition) is 1. The highest BCUT2D eigenvalue weighted by atomic mass is 16.0. The van der Waals surface area contributed by atoms with Crippen LogP contribution in [0.25, 0.3) is 12.2 Å². The molecule has 0 bridgehead atoms. The third-order valence-electron chi connectivity index (χ3n) is 1.88. The normalized spacial score (nSPS) is 11.7. The Bertz CT molecular complexity index is 329. The van der Waals surface area contributed by atoms with E-state index in [9.17, 15) is 0 Å². The molecular weight excluding hydrogens is 174 g/mol. The first-order chi connectivity index (χ1) is 5.97. The molecule has 0 spiro atoms. The van der Waals surface area contributed by atoms with Gasteiger partial charge in [-0.3, -0.25) is 0 Å². The molecule has 0 fully saturated rings. The van der Waals surface area contributed by atoms with Gasteiger partial charge in [-0.25, -0.2) is 0 Å². The van der Waals surface area contributed by atoms with Gasteiger partial charge in [0.05, 0.1) is 0 Å². The molecule has 5 N–H and O–H groups in total. The summed E-state index contributed by atoms with van der Waals surface area (Å²) in [5, 5.41) is 0. The third kappa shape index (κ3) is 2.69. The van der Waals surface area contributed by atoms with Crippen LogP contribution >= 0.6 is 0 Å². The van der Waals surface area contributed by atoms with Crippen LogP contribution in [-0.4, -0.2) is 5.48 Å². The van der Waals surface area contributed by atoms with Gasteiger partial charge in [-0.1, -0.05) is 60.7 Å². The summed E-state index contributed by atoms with van der Waals surface area (Å²) in [7, 11) is 0. The molecule has 1 aromatic carbocycles. The molecule has 14 heavy (non-hydrogen) atoms. The molecule has 74 valence electrons. The quantitative estimate of drug-likeness (QED) is 0.669. The molecule has 2 rings (SSSR count). The van der Waals surface area contributed by atoms with E-state index < -0.39 is 0 Å². The van der Waals surface area contributed by atoms with Crippen molar-refractivity contribution in [3.8, 4) is 0 Å². The van der Waals surface area contributed by atoms with Crippen LogP contribution < -0.4 is 6.15 Å². The van der Waals surface area contributed by atoms with Crippen LogP contribution in [0.1, 0.15) is 11.1 Å². The van der Waals surface area contributed by atoms with Crippen molar-refractivity contribution in [3.63, 3.8) is 0 Å². The lowest BCUT2D eigenvalue weighted by atomic mass is 10.1. The molecule has 0 atom stereocenters. The van der Waals surface area contributed by atoms with E-state index in [0.717, 1.165) is 0 Å². The topological polar surface area (TPSA) is 66.5 Å². The van der Waals surface area contributed by atoms with E-state index in [2.05, 4.69) is 48.6 Å². The van der Waals surface area contributed by atoms with Crippen molar-refractivity contribution >= 4 is 12.2 Å². The second-order valence-corrected chi connectivity index (χ2v) is 2.73. The largest absolute Gasteiger partial charge is 0.412 e. The lowest BCUT2D eigenvalue weighted by Gasteiger charge is -2.00. The van der Waals surface area contributed by atoms with Crippen LogP contribution in [0.15, 0.2) is 48.6 Å². The maximum absolute atomic E-state index is 2.12. The molecule has 0 heterocycles. The Kier molecular flexibility index (Phi) is 5.22. The average Bonchev–Trinajstić information content (AvgIpc) is 2.06. The smallest absolute Gasteiger partial charge is 0.0184 e. The van der Waals surface area contributed by atoms with E-state index in [1.54, 1.807) is 0 Å². The lowest BCUT2D eigenvalue weighted by molar-refractivity contribution is 0.824. The van der Waals surface area contributed by atoms with Gasteiger partial charge in [-0.05, 0) is 11.1 Å². The van der Waals surface area contributed by atoms with Crippen molar-refractivity contribution in [1.29, 1.82) is 0 Å². The molecule has 0 unspecified atom stereocenters. The van der Waals surface area contributed by atoms with E-state index in [1.165, 1.54) is 11.1 Å². The monoisotopic (exact) mass is 189 g/mol. The summed E-state index contributed by atoms with van der Waals surface area (Å²) >= 11 is 0. The van der Waals surface area contributed by atoms with Gasteiger partial charge in [-0.2, -0.15) is 0 Å². The van der Waals surface area contributed by atoms with Crippen LogP contribution in [0.3, 0.4) is 0 Å². The Morgan fingerprint density at radius 1 is 0.643 bits per heavy atom. The number of allylic oxidation sites excluding steroid dienone is 4. The van der Waals surface area contributed by atoms with Gasteiger partial charge in [0.2, 0.25) is 0 Å². The Hall–Kier alpha value is -1.64. The van der Waals surface area contributed by atoms with Gasteiger partial charge < -0.3 is 11.6 Å². The summed E-state index contributed by atoms with van der Waals surface area (Å²) in [6.45, 7) is 0. The highest BCUT2D eigenvalue weighted by molar-refractivity contribution is 5.67. The Morgan fingerprint density at radius 3 is 1.50 bits per heavy atom. The molecule has 2 heteroatoms. The summed E-state index contributed by atoms with van der Waals surface area (Å²) in [6.07, 6.45) is 12.4. The van der Waals surface area contributed by atoms with Gasteiger partial charge in [0.1, 0.15) is 0 Å². The minimum absolute atomic E-state index is 0. The molecule has 2 nitrogen and oxygen atoms in total. The van der Waals surface area contributed by atoms with Gasteiger partial charge in [0, 0.05) is 0 Å². The van der Waals surface area contributed by atoms with E-state index in [-0.39, 0.29) is 11.6 Å². The van der Waals surface area contributed by atoms with E-state index >= 15 is 0 Å². The summed E-state index contributed by atoms with van der Waals surface area (Å²) in [5.74, 6) is 0. The van der Waals surface area contributed by atoms with Crippen molar-refractivity contribution in [1.82, 2.24) is 6.15 Å². The fourth-order valence-electron chi connectivity index (χ4n) is 1.26. The molecule has 0 aliphatic heterocycles. The fraction of sp³-hybridized carbons (Fsp3) is 0. The highest BCUT2D eigenvalue weighted by Gasteiger charge is 1.93. The van der Waals surface area contributed by atoms with Crippen molar-refractivity contribution in [2.45, 2.75) is 0 Å².